The van der Waals surface area contributed by atoms with E-state index in [0.29, 0.717) is 21.8 Å². The van der Waals surface area contributed by atoms with Crippen molar-refractivity contribution in [2.24, 2.45) is 0 Å². The van der Waals surface area contributed by atoms with Crippen LogP contribution in [-0.2, 0) is 0 Å². The standard InChI is InChI=1S/C14H8ClNO2/c15-8-5-6-11(16-7-8)12-13(17)9-3-1-2-4-10(9)14(12)18/h1-7,17H. The average molecular weight is 258 g/mol. The van der Waals surface area contributed by atoms with Crippen molar-refractivity contribution in [3.8, 4) is 0 Å². The molecule has 0 saturated carbocycles. The first-order valence-corrected chi connectivity index (χ1v) is 5.75. The van der Waals surface area contributed by atoms with E-state index in [9.17, 15) is 9.90 Å². The van der Waals surface area contributed by atoms with Crippen LogP contribution in [0.2, 0.25) is 5.02 Å². The van der Waals surface area contributed by atoms with Gasteiger partial charge in [-0.15, -0.1) is 0 Å². The highest BCUT2D eigenvalue weighted by Gasteiger charge is 2.30. The van der Waals surface area contributed by atoms with Gasteiger partial charge >= 0.3 is 0 Å². The predicted molar refractivity (Wildman–Crippen MR) is 69.5 cm³/mol. The molecule has 0 unspecified atom stereocenters. The lowest BCUT2D eigenvalue weighted by Gasteiger charge is -2.00. The maximum atomic E-state index is 12.2. The van der Waals surface area contributed by atoms with Crippen molar-refractivity contribution < 1.29 is 9.90 Å². The number of rotatable bonds is 1. The summed E-state index contributed by atoms with van der Waals surface area (Å²) in [6.45, 7) is 0. The molecule has 3 nitrogen and oxygen atoms in total. The second kappa shape index (κ2) is 3.96. The molecule has 1 N–H and O–H groups in total. The van der Waals surface area contributed by atoms with Crippen molar-refractivity contribution in [2.75, 3.05) is 0 Å². The number of aliphatic hydroxyl groups is 1. The molecule has 0 amide bonds. The van der Waals surface area contributed by atoms with Crippen LogP contribution in [0.5, 0.6) is 0 Å². The van der Waals surface area contributed by atoms with E-state index in [-0.39, 0.29) is 17.1 Å². The van der Waals surface area contributed by atoms with Crippen LogP contribution in [0.4, 0.5) is 0 Å². The van der Waals surface area contributed by atoms with Crippen LogP contribution in [0.1, 0.15) is 21.6 Å². The number of hydrogen-bond acceptors (Lipinski definition) is 3. The van der Waals surface area contributed by atoms with E-state index in [2.05, 4.69) is 4.98 Å². The first-order chi connectivity index (χ1) is 8.68. The summed E-state index contributed by atoms with van der Waals surface area (Å²) in [4.78, 5) is 16.3. The molecule has 0 atom stereocenters. The molecular formula is C14H8ClNO2. The number of halogens is 1. The zero-order valence-corrected chi connectivity index (χ0v) is 9.98. The summed E-state index contributed by atoms with van der Waals surface area (Å²) in [5.74, 6) is -0.233. The van der Waals surface area contributed by atoms with Crippen LogP contribution in [0.15, 0.2) is 42.6 Å². The summed E-state index contributed by atoms with van der Waals surface area (Å²) in [7, 11) is 0. The van der Waals surface area contributed by atoms with Gasteiger partial charge in [-0.25, -0.2) is 0 Å². The molecule has 0 fully saturated rings. The van der Waals surface area contributed by atoms with Gasteiger partial charge in [0.1, 0.15) is 5.76 Å². The van der Waals surface area contributed by atoms with Crippen LogP contribution in [0.25, 0.3) is 11.3 Å². The number of aliphatic hydroxyl groups excluding tert-OH is 1. The number of carbonyl (C=O) groups is 1. The van der Waals surface area contributed by atoms with Crippen LogP contribution < -0.4 is 0 Å². The zero-order chi connectivity index (χ0) is 12.7. The second-order valence-electron chi connectivity index (χ2n) is 3.96. The van der Waals surface area contributed by atoms with Crippen molar-refractivity contribution in [3.63, 3.8) is 0 Å². The number of Topliss-reactive ketones (excluding diaryl/α,β-unsaturated/α-hetero) is 1. The van der Waals surface area contributed by atoms with Gasteiger partial charge in [0.15, 0.2) is 5.78 Å². The van der Waals surface area contributed by atoms with E-state index >= 15 is 0 Å². The van der Waals surface area contributed by atoms with Crippen LogP contribution in [0.3, 0.4) is 0 Å². The van der Waals surface area contributed by atoms with E-state index in [1.54, 1.807) is 36.4 Å². The smallest absolute Gasteiger partial charge is 0.199 e. The van der Waals surface area contributed by atoms with Crippen molar-refractivity contribution in [2.45, 2.75) is 0 Å². The summed E-state index contributed by atoms with van der Waals surface area (Å²) in [6.07, 6.45) is 1.45. The zero-order valence-electron chi connectivity index (χ0n) is 9.22. The summed E-state index contributed by atoms with van der Waals surface area (Å²) in [5.41, 5.74) is 1.71. The molecule has 1 heterocycles. The highest BCUT2D eigenvalue weighted by atomic mass is 35.5. The van der Waals surface area contributed by atoms with Gasteiger partial charge in [-0.1, -0.05) is 35.9 Å². The Morgan fingerprint density at radius 2 is 1.78 bits per heavy atom. The third kappa shape index (κ3) is 1.52. The molecule has 1 aromatic carbocycles. The number of aromatic nitrogens is 1. The van der Waals surface area contributed by atoms with Crippen molar-refractivity contribution in [3.05, 3.63) is 64.4 Å². The maximum absolute atomic E-state index is 12.2. The number of nitrogens with zero attached hydrogens (tertiary/aromatic N) is 1. The highest BCUT2D eigenvalue weighted by molar-refractivity contribution is 6.38. The molecule has 0 bridgehead atoms. The molecule has 0 spiro atoms. The third-order valence-corrected chi connectivity index (χ3v) is 3.10. The molecule has 2 aromatic rings. The van der Waals surface area contributed by atoms with E-state index in [4.69, 9.17) is 11.6 Å². The van der Waals surface area contributed by atoms with Gasteiger partial charge in [0.25, 0.3) is 0 Å². The number of pyridine rings is 1. The molecule has 88 valence electrons. The van der Waals surface area contributed by atoms with Crippen molar-refractivity contribution in [1.29, 1.82) is 0 Å². The molecule has 1 aliphatic carbocycles. The molecular weight excluding hydrogens is 250 g/mol. The summed E-state index contributed by atoms with van der Waals surface area (Å²) >= 11 is 5.75. The molecule has 4 heteroatoms. The van der Waals surface area contributed by atoms with E-state index in [1.165, 1.54) is 6.20 Å². The first-order valence-electron chi connectivity index (χ1n) is 5.38. The van der Waals surface area contributed by atoms with Gasteiger partial charge < -0.3 is 5.11 Å². The second-order valence-corrected chi connectivity index (χ2v) is 4.40. The molecule has 0 saturated heterocycles. The van der Waals surface area contributed by atoms with Gasteiger partial charge in [-0.05, 0) is 12.1 Å². The van der Waals surface area contributed by atoms with E-state index in [1.807, 2.05) is 0 Å². The number of carbonyl (C=O) groups excluding carboxylic acids is 1. The predicted octanol–water partition coefficient (Wildman–Crippen LogP) is 3.36. The highest BCUT2D eigenvalue weighted by Crippen LogP contribution is 2.35. The minimum absolute atomic E-state index is 0.0228. The minimum Gasteiger partial charge on any atom is -0.506 e. The molecule has 0 radical (unpaired) electrons. The summed E-state index contributed by atoms with van der Waals surface area (Å²) in [6, 6.07) is 10.2. The number of fused-ring (bicyclic) bond motifs is 1. The SMILES string of the molecule is O=C1C(c2ccc(Cl)cn2)=C(O)c2ccccc21. The van der Waals surface area contributed by atoms with Crippen molar-refractivity contribution in [1.82, 2.24) is 4.98 Å². The van der Waals surface area contributed by atoms with E-state index in [0.717, 1.165) is 0 Å². The van der Waals surface area contributed by atoms with Crippen LogP contribution in [-0.4, -0.2) is 15.9 Å². The Kier molecular flexibility index (Phi) is 2.42. The fraction of sp³-hybridized carbons (Fsp3) is 0. The molecule has 3 rings (SSSR count). The Morgan fingerprint density at radius 1 is 1.06 bits per heavy atom. The quantitative estimate of drug-likeness (QED) is 0.852. The number of benzene rings is 1. The summed E-state index contributed by atoms with van der Waals surface area (Å²) < 4.78 is 0. The number of ketones is 1. The Balaban J connectivity index is 2.18. The monoisotopic (exact) mass is 257 g/mol. The summed E-state index contributed by atoms with van der Waals surface area (Å²) in [5, 5.41) is 10.6. The van der Waals surface area contributed by atoms with Gasteiger partial charge in [0.2, 0.25) is 0 Å². The Labute approximate surface area is 108 Å². The first kappa shape index (κ1) is 11.0. The molecule has 1 aromatic heterocycles. The largest absolute Gasteiger partial charge is 0.506 e. The van der Waals surface area contributed by atoms with Gasteiger partial charge in [-0.3, -0.25) is 9.78 Å². The lowest BCUT2D eigenvalue weighted by molar-refractivity contribution is 0.105. The normalized spacial score (nSPS) is 13.9. The Hall–Kier alpha value is -2.13. The number of hydrogen-bond donors (Lipinski definition) is 1. The maximum Gasteiger partial charge on any atom is 0.199 e. The lowest BCUT2D eigenvalue weighted by Crippen LogP contribution is -1.99. The van der Waals surface area contributed by atoms with Crippen LogP contribution >= 0.6 is 11.6 Å². The van der Waals surface area contributed by atoms with Gasteiger partial charge in [0, 0.05) is 17.3 Å². The molecule has 1 aliphatic rings. The average Bonchev–Trinajstić information content (AvgIpc) is 2.64. The van der Waals surface area contributed by atoms with Gasteiger partial charge in [-0.2, -0.15) is 0 Å². The topological polar surface area (TPSA) is 50.2 Å². The molecule has 18 heavy (non-hydrogen) atoms. The Morgan fingerprint density at radius 3 is 2.39 bits per heavy atom. The fourth-order valence-corrected chi connectivity index (χ4v) is 2.14. The van der Waals surface area contributed by atoms with Crippen LogP contribution in [0, 0.1) is 0 Å². The third-order valence-electron chi connectivity index (χ3n) is 2.87. The number of allylic oxidation sites excluding steroid dienone is 1. The minimum atomic E-state index is -0.210. The van der Waals surface area contributed by atoms with Gasteiger partial charge in [0.05, 0.1) is 16.3 Å². The molecule has 0 aliphatic heterocycles. The Bertz CT molecular complexity index is 674. The lowest BCUT2D eigenvalue weighted by atomic mass is 10.1. The van der Waals surface area contributed by atoms with Crippen molar-refractivity contribution >= 4 is 28.7 Å². The van der Waals surface area contributed by atoms with E-state index < -0.39 is 0 Å². The fourth-order valence-electron chi connectivity index (χ4n) is 2.03.